The van der Waals surface area contributed by atoms with Crippen molar-refractivity contribution < 1.29 is 14.3 Å². The lowest BCUT2D eigenvalue weighted by Gasteiger charge is -2.30. The van der Waals surface area contributed by atoms with Crippen molar-refractivity contribution in [2.45, 2.75) is 12.8 Å². The maximum atomic E-state index is 12.5. The summed E-state index contributed by atoms with van der Waals surface area (Å²) in [5.41, 5.74) is 11.7. The molecular weight excluding hydrogens is 246 g/mol. The Labute approximate surface area is 110 Å². The summed E-state index contributed by atoms with van der Waals surface area (Å²) in [5, 5.41) is 0. The first-order valence-corrected chi connectivity index (χ1v) is 6.17. The summed E-state index contributed by atoms with van der Waals surface area (Å²) >= 11 is 0. The van der Waals surface area contributed by atoms with Gasteiger partial charge in [-0.05, 0) is 31.0 Å². The predicted octanol–water partition coefficient (Wildman–Crippen LogP) is 0.260. The Balaban J connectivity index is 2.04. The number of hydrogen-bond acceptors (Lipinski definition) is 5. The Morgan fingerprint density at radius 1 is 1.42 bits per heavy atom. The standard InChI is InChI=1S/C13H15N3O3/c14-7-13(3-4-13)12(18)16-9-5-8(15)1-2-10(9)19-6-11(16)17/h1-2,5H,3-4,6-7,14-15H2. The van der Waals surface area contributed by atoms with E-state index in [4.69, 9.17) is 16.2 Å². The van der Waals surface area contributed by atoms with Gasteiger partial charge in [-0.15, -0.1) is 0 Å². The molecule has 0 spiro atoms. The van der Waals surface area contributed by atoms with E-state index in [0.29, 0.717) is 17.1 Å². The van der Waals surface area contributed by atoms with Crippen LogP contribution < -0.4 is 21.1 Å². The summed E-state index contributed by atoms with van der Waals surface area (Å²) in [7, 11) is 0. The number of rotatable bonds is 2. The number of anilines is 2. The molecule has 0 atom stereocenters. The first-order valence-electron chi connectivity index (χ1n) is 6.17. The largest absolute Gasteiger partial charge is 0.482 e. The van der Waals surface area contributed by atoms with E-state index in [0.717, 1.165) is 12.8 Å². The summed E-state index contributed by atoms with van der Waals surface area (Å²) in [6.07, 6.45) is 1.45. The number of imide groups is 1. The number of benzene rings is 1. The molecule has 0 bridgehead atoms. The van der Waals surface area contributed by atoms with E-state index in [-0.39, 0.29) is 25.0 Å². The van der Waals surface area contributed by atoms with Crippen molar-refractivity contribution >= 4 is 23.2 Å². The number of nitrogens with two attached hydrogens (primary N) is 2. The van der Waals surface area contributed by atoms with Crippen LogP contribution in [0.1, 0.15) is 12.8 Å². The summed E-state index contributed by atoms with van der Waals surface area (Å²) in [6.45, 7) is 0.122. The number of fused-ring (bicyclic) bond motifs is 1. The van der Waals surface area contributed by atoms with Crippen LogP contribution in [0.5, 0.6) is 5.75 Å². The third-order valence-corrected chi connectivity index (χ3v) is 3.73. The summed E-state index contributed by atoms with van der Waals surface area (Å²) < 4.78 is 5.31. The average molecular weight is 261 g/mol. The van der Waals surface area contributed by atoms with E-state index in [1.165, 1.54) is 4.90 Å². The van der Waals surface area contributed by atoms with Gasteiger partial charge in [-0.25, -0.2) is 4.90 Å². The van der Waals surface area contributed by atoms with Crippen molar-refractivity contribution in [2.24, 2.45) is 11.1 Å². The fourth-order valence-electron chi connectivity index (χ4n) is 2.29. The van der Waals surface area contributed by atoms with Crippen LogP contribution in [-0.4, -0.2) is 25.0 Å². The second kappa shape index (κ2) is 3.96. The molecule has 100 valence electrons. The average Bonchev–Trinajstić information content (AvgIpc) is 3.19. The SMILES string of the molecule is NCC1(C(=O)N2C(=O)COc3ccc(N)cc32)CC1. The van der Waals surface area contributed by atoms with Crippen molar-refractivity contribution in [1.29, 1.82) is 0 Å². The Bertz CT molecular complexity index is 566. The molecular formula is C13H15N3O3. The van der Waals surface area contributed by atoms with Gasteiger partial charge in [0.25, 0.3) is 5.91 Å². The smallest absolute Gasteiger partial charge is 0.271 e. The van der Waals surface area contributed by atoms with Crippen molar-refractivity contribution in [1.82, 2.24) is 0 Å². The fraction of sp³-hybridized carbons (Fsp3) is 0.385. The Hall–Kier alpha value is -2.08. The molecule has 2 aliphatic rings. The van der Waals surface area contributed by atoms with Crippen molar-refractivity contribution in [2.75, 3.05) is 23.8 Å². The summed E-state index contributed by atoms with van der Waals surface area (Å²) in [5.74, 6) is -0.118. The summed E-state index contributed by atoms with van der Waals surface area (Å²) in [4.78, 5) is 25.7. The molecule has 1 aliphatic carbocycles. The van der Waals surface area contributed by atoms with Gasteiger partial charge in [-0.2, -0.15) is 0 Å². The van der Waals surface area contributed by atoms with E-state index < -0.39 is 5.41 Å². The number of nitrogen functional groups attached to an aromatic ring is 1. The molecule has 1 aromatic carbocycles. The van der Waals surface area contributed by atoms with Crippen LogP contribution in [0.3, 0.4) is 0 Å². The number of amides is 2. The third-order valence-electron chi connectivity index (χ3n) is 3.73. The zero-order valence-corrected chi connectivity index (χ0v) is 10.4. The molecule has 1 aromatic rings. The number of ether oxygens (including phenoxy) is 1. The van der Waals surface area contributed by atoms with E-state index in [1.54, 1.807) is 18.2 Å². The van der Waals surface area contributed by atoms with E-state index in [1.807, 2.05) is 0 Å². The Kier molecular flexibility index (Phi) is 2.50. The lowest BCUT2D eigenvalue weighted by atomic mass is 10.0. The highest BCUT2D eigenvalue weighted by Crippen LogP contribution is 2.48. The number of carbonyl (C=O) groups is 2. The van der Waals surface area contributed by atoms with Gasteiger partial charge in [0.1, 0.15) is 5.75 Å². The number of nitrogens with zero attached hydrogens (tertiary/aromatic N) is 1. The highest BCUT2D eigenvalue weighted by atomic mass is 16.5. The summed E-state index contributed by atoms with van der Waals surface area (Å²) in [6, 6.07) is 4.92. The molecule has 0 radical (unpaired) electrons. The topological polar surface area (TPSA) is 98.7 Å². The fourth-order valence-corrected chi connectivity index (χ4v) is 2.29. The van der Waals surface area contributed by atoms with Crippen LogP contribution in [0.25, 0.3) is 0 Å². The Morgan fingerprint density at radius 3 is 2.79 bits per heavy atom. The molecule has 1 saturated carbocycles. The first kappa shape index (κ1) is 12.0. The molecule has 1 heterocycles. The van der Waals surface area contributed by atoms with Crippen molar-refractivity contribution in [3.05, 3.63) is 18.2 Å². The maximum absolute atomic E-state index is 12.5. The van der Waals surface area contributed by atoms with Crippen LogP contribution >= 0.6 is 0 Å². The molecule has 19 heavy (non-hydrogen) atoms. The van der Waals surface area contributed by atoms with Gasteiger partial charge in [0.05, 0.1) is 11.1 Å². The number of carbonyl (C=O) groups excluding carboxylic acids is 2. The van der Waals surface area contributed by atoms with Crippen LogP contribution in [0.2, 0.25) is 0 Å². The highest BCUT2D eigenvalue weighted by molar-refractivity contribution is 6.19. The molecule has 0 saturated heterocycles. The second-order valence-corrected chi connectivity index (χ2v) is 5.03. The molecule has 4 N–H and O–H groups in total. The highest BCUT2D eigenvalue weighted by Gasteiger charge is 2.53. The van der Waals surface area contributed by atoms with Crippen LogP contribution in [0.15, 0.2) is 18.2 Å². The minimum Gasteiger partial charge on any atom is -0.482 e. The molecule has 1 aliphatic heterocycles. The Morgan fingerprint density at radius 2 is 2.16 bits per heavy atom. The maximum Gasteiger partial charge on any atom is 0.271 e. The van der Waals surface area contributed by atoms with Gasteiger partial charge >= 0.3 is 0 Å². The molecule has 6 nitrogen and oxygen atoms in total. The lowest BCUT2D eigenvalue weighted by molar-refractivity contribution is -0.131. The van der Waals surface area contributed by atoms with Gasteiger partial charge in [0, 0.05) is 12.2 Å². The zero-order valence-electron chi connectivity index (χ0n) is 10.4. The molecule has 0 aromatic heterocycles. The molecule has 6 heteroatoms. The minimum atomic E-state index is -0.575. The normalized spacial score (nSPS) is 19.6. The van der Waals surface area contributed by atoms with Gasteiger partial charge in [0.15, 0.2) is 6.61 Å². The minimum absolute atomic E-state index is 0.136. The van der Waals surface area contributed by atoms with Gasteiger partial charge < -0.3 is 16.2 Å². The molecule has 0 unspecified atom stereocenters. The number of hydrogen-bond donors (Lipinski definition) is 2. The van der Waals surface area contributed by atoms with Gasteiger partial charge in [-0.3, -0.25) is 9.59 Å². The third kappa shape index (κ3) is 1.76. The van der Waals surface area contributed by atoms with Crippen LogP contribution in [0.4, 0.5) is 11.4 Å². The first-order chi connectivity index (χ1) is 9.07. The van der Waals surface area contributed by atoms with E-state index in [9.17, 15) is 9.59 Å². The van der Waals surface area contributed by atoms with Crippen LogP contribution in [0, 0.1) is 5.41 Å². The van der Waals surface area contributed by atoms with Gasteiger partial charge in [-0.1, -0.05) is 0 Å². The van der Waals surface area contributed by atoms with Crippen molar-refractivity contribution in [3.63, 3.8) is 0 Å². The molecule has 1 fully saturated rings. The van der Waals surface area contributed by atoms with Crippen LogP contribution in [-0.2, 0) is 9.59 Å². The lowest BCUT2D eigenvalue weighted by Crippen LogP contribution is -2.48. The van der Waals surface area contributed by atoms with Crippen molar-refractivity contribution in [3.8, 4) is 5.75 Å². The predicted molar refractivity (Wildman–Crippen MR) is 69.6 cm³/mol. The van der Waals surface area contributed by atoms with Gasteiger partial charge in [0.2, 0.25) is 5.91 Å². The molecule has 3 rings (SSSR count). The van der Waals surface area contributed by atoms with E-state index >= 15 is 0 Å². The second-order valence-electron chi connectivity index (χ2n) is 5.03. The van der Waals surface area contributed by atoms with E-state index in [2.05, 4.69) is 0 Å². The zero-order chi connectivity index (χ0) is 13.6. The molecule has 2 amide bonds. The quantitative estimate of drug-likeness (QED) is 0.587. The monoisotopic (exact) mass is 261 g/mol.